The third kappa shape index (κ3) is 2.40. The number of thioether (sulfide) groups is 1. The summed E-state index contributed by atoms with van der Waals surface area (Å²) in [6.45, 7) is 0. The first-order valence-electron chi connectivity index (χ1n) is 6.17. The molecule has 0 aromatic heterocycles. The fourth-order valence-corrected chi connectivity index (χ4v) is 2.91. The number of nitrogens with zero attached hydrogens (tertiary/aromatic N) is 1. The van der Waals surface area contributed by atoms with Crippen LogP contribution in [0.25, 0.3) is 0 Å². The number of hydrogen-bond donors (Lipinski definition) is 1. The Hall–Kier alpha value is -2.27. The predicted octanol–water partition coefficient (Wildman–Crippen LogP) is 2.23. The van der Waals surface area contributed by atoms with Gasteiger partial charge in [0.05, 0.1) is 5.69 Å². The fraction of sp³-hybridized carbons (Fsp3) is 0.0667. The van der Waals surface area contributed by atoms with Gasteiger partial charge in [0.2, 0.25) is 0 Å². The summed E-state index contributed by atoms with van der Waals surface area (Å²) in [5, 5.41) is 0.570. The second-order valence-corrected chi connectivity index (χ2v) is 5.47. The average Bonchev–Trinajstić information content (AvgIpc) is 2.77. The van der Waals surface area contributed by atoms with Crippen molar-refractivity contribution in [1.29, 1.82) is 0 Å². The van der Waals surface area contributed by atoms with Crippen molar-refractivity contribution in [3.05, 3.63) is 60.7 Å². The summed E-state index contributed by atoms with van der Waals surface area (Å²) in [7, 11) is 0. The van der Waals surface area contributed by atoms with Crippen molar-refractivity contribution in [3.8, 4) is 0 Å². The number of benzene rings is 2. The van der Waals surface area contributed by atoms with Crippen molar-refractivity contribution in [2.75, 3.05) is 5.01 Å². The van der Waals surface area contributed by atoms with Gasteiger partial charge < -0.3 is 0 Å². The highest BCUT2D eigenvalue weighted by atomic mass is 32.2. The summed E-state index contributed by atoms with van der Waals surface area (Å²) < 4.78 is 0. The van der Waals surface area contributed by atoms with E-state index in [4.69, 9.17) is 0 Å². The lowest BCUT2D eigenvalue weighted by molar-refractivity contribution is -0.121. The topological polar surface area (TPSA) is 49.4 Å². The summed E-state index contributed by atoms with van der Waals surface area (Å²) >= 11 is 1.26. The van der Waals surface area contributed by atoms with Gasteiger partial charge in [-0.3, -0.25) is 15.0 Å². The average molecular weight is 284 g/mol. The maximum absolute atomic E-state index is 12.3. The molecule has 0 unspecified atom stereocenters. The van der Waals surface area contributed by atoms with Crippen LogP contribution in [0.15, 0.2) is 65.6 Å². The Labute approximate surface area is 120 Å². The molecule has 20 heavy (non-hydrogen) atoms. The Balaban J connectivity index is 1.81. The summed E-state index contributed by atoms with van der Waals surface area (Å²) in [6, 6.07) is 18.5. The lowest BCUT2D eigenvalue weighted by atomic mass is 10.3. The zero-order chi connectivity index (χ0) is 13.9. The van der Waals surface area contributed by atoms with Crippen molar-refractivity contribution < 1.29 is 9.59 Å². The van der Waals surface area contributed by atoms with Gasteiger partial charge in [-0.15, -0.1) is 11.8 Å². The Kier molecular flexibility index (Phi) is 3.43. The molecule has 1 fully saturated rings. The van der Waals surface area contributed by atoms with E-state index in [1.165, 1.54) is 16.8 Å². The molecule has 4 nitrogen and oxygen atoms in total. The molecule has 2 aromatic rings. The molecule has 0 saturated carbocycles. The van der Waals surface area contributed by atoms with Gasteiger partial charge in [0.1, 0.15) is 0 Å². The zero-order valence-electron chi connectivity index (χ0n) is 10.5. The van der Waals surface area contributed by atoms with Crippen LogP contribution in [0.1, 0.15) is 0 Å². The van der Waals surface area contributed by atoms with Crippen LogP contribution < -0.4 is 10.4 Å². The van der Waals surface area contributed by atoms with E-state index in [9.17, 15) is 9.59 Å². The normalized spacial score (nSPS) is 18.2. The Morgan fingerprint density at radius 1 is 0.900 bits per heavy atom. The van der Waals surface area contributed by atoms with Crippen molar-refractivity contribution in [2.24, 2.45) is 0 Å². The maximum Gasteiger partial charge on any atom is 0.268 e. The number of rotatable bonds is 3. The molecule has 0 spiro atoms. The van der Waals surface area contributed by atoms with Crippen LogP contribution in [0.4, 0.5) is 5.69 Å². The lowest BCUT2D eigenvalue weighted by Gasteiger charge is -2.14. The first-order chi connectivity index (χ1) is 9.75. The molecule has 2 aromatic carbocycles. The van der Waals surface area contributed by atoms with Crippen LogP contribution in [-0.2, 0) is 9.59 Å². The van der Waals surface area contributed by atoms with Crippen LogP contribution in [0.5, 0.6) is 0 Å². The number of hydrazine groups is 1. The summed E-state index contributed by atoms with van der Waals surface area (Å²) in [6.07, 6.45) is 0. The standard InChI is InChI=1S/C15H12N2O2S/c18-14-13(20-12-9-5-2-6-10-12)15(19)17(16-14)11-7-3-1-4-8-11/h1-10,13H,(H,16,18)/t13-/m1/s1. The van der Waals surface area contributed by atoms with Gasteiger partial charge in [-0.1, -0.05) is 36.4 Å². The van der Waals surface area contributed by atoms with E-state index in [1.54, 1.807) is 12.1 Å². The number of anilines is 1. The number of amides is 2. The first kappa shape index (κ1) is 12.7. The molecule has 1 saturated heterocycles. The number of nitrogens with one attached hydrogen (secondary N) is 1. The largest absolute Gasteiger partial charge is 0.271 e. The van der Waals surface area contributed by atoms with Gasteiger partial charge in [-0.25, -0.2) is 5.01 Å². The second-order valence-electron chi connectivity index (χ2n) is 4.30. The van der Waals surface area contributed by atoms with Gasteiger partial charge >= 0.3 is 0 Å². The van der Waals surface area contributed by atoms with Gasteiger partial charge in [0.25, 0.3) is 11.8 Å². The number of carbonyl (C=O) groups excluding carboxylic acids is 2. The van der Waals surface area contributed by atoms with E-state index in [2.05, 4.69) is 5.43 Å². The predicted molar refractivity (Wildman–Crippen MR) is 78.2 cm³/mol. The Morgan fingerprint density at radius 2 is 1.50 bits per heavy atom. The van der Waals surface area contributed by atoms with Gasteiger partial charge in [-0.2, -0.15) is 0 Å². The molecule has 5 heteroatoms. The fourth-order valence-electron chi connectivity index (χ4n) is 1.96. The SMILES string of the molecule is O=C1NN(c2ccccc2)C(=O)[C@@H]1Sc1ccccc1. The minimum Gasteiger partial charge on any atom is -0.271 e. The quantitative estimate of drug-likeness (QED) is 0.879. The second kappa shape index (κ2) is 5.38. The molecule has 1 atom stereocenters. The summed E-state index contributed by atoms with van der Waals surface area (Å²) in [5.74, 6) is -0.525. The Bertz CT molecular complexity index is 631. The molecule has 0 aliphatic carbocycles. The molecule has 0 radical (unpaired) electrons. The van der Waals surface area contributed by atoms with Gasteiger partial charge in [0, 0.05) is 4.90 Å². The van der Waals surface area contributed by atoms with E-state index in [0.717, 1.165) is 4.90 Å². The number of hydrogen-bond acceptors (Lipinski definition) is 3. The van der Waals surface area contributed by atoms with Crippen LogP contribution in [0, 0.1) is 0 Å². The van der Waals surface area contributed by atoms with Gasteiger partial charge in [0.15, 0.2) is 5.25 Å². The Morgan fingerprint density at radius 3 is 2.15 bits per heavy atom. The molecule has 1 aliphatic rings. The molecule has 3 rings (SSSR count). The molecule has 0 bridgehead atoms. The highest BCUT2D eigenvalue weighted by Crippen LogP contribution is 2.29. The van der Waals surface area contributed by atoms with E-state index in [1.807, 2.05) is 48.5 Å². The molecule has 2 amide bonds. The highest BCUT2D eigenvalue weighted by Gasteiger charge is 2.40. The van der Waals surface area contributed by atoms with Crippen LogP contribution in [-0.4, -0.2) is 17.1 Å². The minimum atomic E-state index is -0.738. The molecule has 1 aliphatic heterocycles. The van der Waals surface area contributed by atoms with Crippen LogP contribution in [0.3, 0.4) is 0 Å². The van der Waals surface area contributed by atoms with Crippen molar-refractivity contribution >= 4 is 29.3 Å². The van der Waals surface area contributed by atoms with Gasteiger partial charge in [-0.05, 0) is 24.3 Å². The molecular weight excluding hydrogens is 272 g/mol. The van der Waals surface area contributed by atoms with E-state index >= 15 is 0 Å². The molecule has 1 heterocycles. The van der Waals surface area contributed by atoms with Crippen LogP contribution in [0.2, 0.25) is 0 Å². The van der Waals surface area contributed by atoms with Crippen LogP contribution >= 0.6 is 11.8 Å². The molecule has 1 N–H and O–H groups in total. The molecular formula is C15H12N2O2S. The lowest BCUT2D eigenvalue weighted by Crippen LogP contribution is -2.35. The minimum absolute atomic E-state index is 0.241. The smallest absolute Gasteiger partial charge is 0.268 e. The summed E-state index contributed by atoms with van der Waals surface area (Å²) in [4.78, 5) is 25.2. The highest BCUT2D eigenvalue weighted by molar-refractivity contribution is 8.01. The zero-order valence-corrected chi connectivity index (χ0v) is 11.3. The number of carbonyl (C=O) groups is 2. The monoisotopic (exact) mass is 284 g/mol. The first-order valence-corrected chi connectivity index (χ1v) is 7.05. The van der Waals surface area contributed by atoms with E-state index < -0.39 is 5.25 Å². The van der Waals surface area contributed by atoms with Crippen molar-refractivity contribution in [3.63, 3.8) is 0 Å². The van der Waals surface area contributed by atoms with Crippen molar-refractivity contribution in [1.82, 2.24) is 5.43 Å². The van der Waals surface area contributed by atoms with Crippen molar-refractivity contribution in [2.45, 2.75) is 10.1 Å². The number of para-hydroxylation sites is 1. The van der Waals surface area contributed by atoms with E-state index in [-0.39, 0.29) is 11.8 Å². The third-order valence-electron chi connectivity index (χ3n) is 2.92. The van der Waals surface area contributed by atoms with E-state index in [0.29, 0.717) is 5.69 Å². The summed E-state index contributed by atoms with van der Waals surface area (Å²) in [5.41, 5.74) is 3.28. The maximum atomic E-state index is 12.3. The third-order valence-corrected chi connectivity index (χ3v) is 4.11. The molecule has 100 valence electrons.